The molecule has 2 aromatic rings. The maximum absolute atomic E-state index is 11.4. The Morgan fingerprint density at radius 3 is 2.89 bits per heavy atom. The number of nitrogens with zero attached hydrogens (tertiary/aromatic N) is 2. The van der Waals surface area contributed by atoms with E-state index in [1.54, 1.807) is 11.8 Å². The zero-order chi connectivity index (χ0) is 12.6. The number of aromatic nitrogens is 3. The molecular weight excluding hydrogens is 250 g/mol. The molecule has 0 fully saturated rings. The molecule has 1 aromatic heterocycles. The highest BCUT2D eigenvalue weighted by Crippen LogP contribution is 2.17. The lowest BCUT2D eigenvalue weighted by Gasteiger charge is -2.02. The molecule has 0 aliphatic carbocycles. The van der Waals surface area contributed by atoms with Crippen LogP contribution in [0, 0.1) is 0 Å². The smallest absolute Gasteiger partial charge is 0.307 e. The van der Waals surface area contributed by atoms with Gasteiger partial charge in [-0.15, -0.1) is 11.8 Å². The van der Waals surface area contributed by atoms with Gasteiger partial charge in [0.2, 0.25) is 0 Å². The molecule has 6 heteroatoms. The van der Waals surface area contributed by atoms with Gasteiger partial charge < -0.3 is 4.74 Å². The van der Waals surface area contributed by atoms with Gasteiger partial charge in [-0.25, -0.2) is 4.98 Å². The van der Waals surface area contributed by atoms with Crippen molar-refractivity contribution in [1.29, 1.82) is 0 Å². The first-order chi connectivity index (χ1) is 8.84. The zero-order valence-electron chi connectivity index (χ0n) is 9.70. The Morgan fingerprint density at radius 2 is 2.17 bits per heavy atom. The van der Waals surface area contributed by atoms with Crippen LogP contribution in [-0.4, -0.2) is 26.9 Å². The zero-order valence-corrected chi connectivity index (χ0v) is 10.5. The second kappa shape index (κ2) is 6.80. The lowest BCUT2D eigenvalue weighted by Crippen LogP contribution is -2.06. The molecule has 18 heavy (non-hydrogen) atoms. The van der Waals surface area contributed by atoms with Gasteiger partial charge in [-0.05, 0) is 12.1 Å². The van der Waals surface area contributed by atoms with Gasteiger partial charge in [0.05, 0.1) is 6.42 Å². The fourth-order valence-electron chi connectivity index (χ4n) is 1.29. The highest BCUT2D eigenvalue weighted by molar-refractivity contribution is 7.99. The van der Waals surface area contributed by atoms with Gasteiger partial charge in [0.25, 0.3) is 0 Å². The van der Waals surface area contributed by atoms with E-state index in [0.717, 1.165) is 4.90 Å². The molecule has 0 amide bonds. The summed E-state index contributed by atoms with van der Waals surface area (Å²) < 4.78 is 5.04. The van der Waals surface area contributed by atoms with Crippen LogP contribution in [0.25, 0.3) is 0 Å². The molecule has 0 saturated heterocycles. The summed E-state index contributed by atoms with van der Waals surface area (Å²) in [5, 5.41) is 6.30. The Bertz CT molecular complexity index is 473. The van der Waals surface area contributed by atoms with Crippen LogP contribution in [-0.2, 0) is 16.1 Å². The topological polar surface area (TPSA) is 67.9 Å². The number of thioether (sulfide) groups is 1. The monoisotopic (exact) mass is 263 g/mol. The predicted octanol–water partition coefficient (Wildman–Crippen LogP) is 2.03. The van der Waals surface area contributed by atoms with Crippen LogP contribution < -0.4 is 0 Å². The fraction of sp³-hybridized carbons (Fsp3) is 0.250. The van der Waals surface area contributed by atoms with Crippen molar-refractivity contribution in [2.45, 2.75) is 17.9 Å². The number of hydrogen-bond acceptors (Lipinski definition) is 5. The molecule has 0 spiro atoms. The summed E-state index contributed by atoms with van der Waals surface area (Å²) in [6.45, 7) is 0.148. The molecule has 0 aliphatic rings. The Morgan fingerprint density at radius 1 is 1.33 bits per heavy atom. The van der Waals surface area contributed by atoms with E-state index in [1.165, 1.54) is 6.33 Å². The van der Waals surface area contributed by atoms with Crippen LogP contribution in [0.1, 0.15) is 12.2 Å². The average Bonchev–Trinajstić information content (AvgIpc) is 2.91. The highest BCUT2D eigenvalue weighted by Gasteiger charge is 2.05. The van der Waals surface area contributed by atoms with Crippen molar-refractivity contribution < 1.29 is 9.53 Å². The largest absolute Gasteiger partial charge is 0.457 e. The molecule has 1 heterocycles. The minimum Gasteiger partial charge on any atom is -0.457 e. The molecule has 1 N–H and O–H groups in total. The SMILES string of the molecule is O=C(CCSc1ccccc1)OCc1ncn[nH]1. The molecule has 0 unspecified atom stereocenters. The Kier molecular flexibility index (Phi) is 4.78. The molecule has 0 radical (unpaired) electrons. The van der Waals surface area contributed by atoms with Crippen molar-refractivity contribution in [3.63, 3.8) is 0 Å². The summed E-state index contributed by atoms with van der Waals surface area (Å²) in [7, 11) is 0. The van der Waals surface area contributed by atoms with E-state index in [0.29, 0.717) is 18.0 Å². The van der Waals surface area contributed by atoms with Crippen molar-refractivity contribution in [2.24, 2.45) is 0 Å². The van der Waals surface area contributed by atoms with Crippen molar-refractivity contribution in [1.82, 2.24) is 15.2 Å². The number of hydrogen-bond donors (Lipinski definition) is 1. The first-order valence-electron chi connectivity index (χ1n) is 5.52. The number of nitrogens with one attached hydrogen (secondary N) is 1. The fourth-order valence-corrected chi connectivity index (χ4v) is 2.14. The lowest BCUT2D eigenvalue weighted by atomic mass is 10.4. The van der Waals surface area contributed by atoms with E-state index in [9.17, 15) is 4.79 Å². The van der Waals surface area contributed by atoms with E-state index in [4.69, 9.17) is 4.74 Å². The van der Waals surface area contributed by atoms with Crippen LogP contribution in [0.5, 0.6) is 0 Å². The van der Waals surface area contributed by atoms with Crippen LogP contribution in [0.2, 0.25) is 0 Å². The minimum absolute atomic E-state index is 0.148. The Labute approximate surface area is 109 Å². The number of aromatic amines is 1. The van der Waals surface area contributed by atoms with Gasteiger partial charge in [-0.1, -0.05) is 18.2 Å². The van der Waals surface area contributed by atoms with E-state index < -0.39 is 0 Å². The third kappa shape index (κ3) is 4.21. The van der Waals surface area contributed by atoms with E-state index in [2.05, 4.69) is 15.2 Å². The van der Waals surface area contributed by atoms with Crippen LogP contribution >= 0.6 is 11.8 Å². The number of rotatable bonds is 6. The molecule has 0 saturated carbocycles. The maximum Gasteiger partial charge on any atom is 0.307 e. The third-order valence-electron chi connectivity index (χ3n) is 2.15. The van der Waals surface area contributed by atoms with Crippen LogP contribution in [0.3, 0.4) is 0 Å². The number of ether oxygens (including phenoxy) is 1. The molecule has 0 bridgehead atoms. The molecule has 5 nitrogen and oxygen atoms in total. The lowest BCUT2D eigenvalue weighted by molar-refractivity contribution is -0.144. The molecular formula is C12H13N3O2S. The first kappa shape index (κ1) is 12.6. The minimum atomic E-state index is -0.227. The molecule has 2 rings (SSSR count). The first-order valence-corrected chi connectivity index (χ1v) is 6.51. The molecule has 1 aromatic carbocycles. The van der Waals surface area contributed by atoms with Crippen molar-refractivity contribution in [3.8, 4) is 0 Å². The molecule has 0 aliphatic heterocycles. The quantitative estimate of drug-likeness (QED) is 0.638. The summed E-state index contributed by atoms with van der Waals surface area (Å²) in [4.78, 5) is 16.5. The van der Waals surface area contributed by atoms with Gasteiger partial charge in [0, 0.05) is 10.6 Å². The van der Waals surface area contributed by atoms with Crippen molar-refractivity contribution in [3.05, 3.63) is 42.5 Å². The van der Waals surface area contributed by atoms with Crippen molar-refractivity contribution >= 4 is 17.7 Å². The standard InChI is InChI=1S/C12H13N3O2S/c16-12(17-8-11-13-9-14-15-11)6-7-18-10-4-2-1-3-5-10/h1-5,9H,6-8H2,(H,13,14,15). The number of carbonyl (C=O) groups is 1. The Balaban J connectivity index is 1.63. The van der Waals surface area contributed by atoms with E-state index in [1.807, 2.05) is 30.3 Å². The number of H-pyrrole nitrogens is 1. The number of esters is 1. The van der Waals surface area contributed by atoms with Gasteiger partial charge in [0.1, 0.15) is 6.33 Å². The van der Waals surface area contributed by atoms with Crippen molar-refractivity contribution in [2.75, 3.05) is 5.75 Å². The predicted molar refractivity (Wildman–Crippen MR) is 68.0 cm³/mol. The van der Waals surface area contributed by atoms with Crippen LogP contribution in [0.4, 0.5) is 0 Å². The second-order valence-electron chi connectivity index (χ2n) is 3.50. The van der Waals surface area contributed by atoms with Gasteiger partial charge >= 0.3 is 5.97 Å². The van der Waals surface area contributed by atoms with E-state index >= 15 is 0 Å². The number of carbonyl (C=O) groups excluding carboxylic acids is 1. The Hall–Kier alpha value is -1.82. The summed E-state index contributed by atoms with van der Waals surface area (Å²) in [5.74, 6) is 1.04. The maximum atomic E-state index is 11.4. The summed E-state index contributed by atoms with van der Waals surface area (Å²) >= 11 is 1.64. The van der Waals surface area contributed by atoms with Gasteiger partial charge in [0.15, 0.2) is 12.4 Å². The summed E-state index contributed by atoms with van der Waals surface area (Å²) in [6, 6.07) is 9.96. The highest BCUT2D eigenvalue weighted by atomic mass is 32.2. The summed E-state index contributed by atoms with van der Waals surface area (Å²) in [5.41, 5.74) is 0. The summed E-state index contributed by atoms with van der Waals surface area (Å²) in [6.07, 6.45) is 1.77. The number of benzene rings is 1. The van der Waals surface area contributed by atoms with E-state index in [-0.39, 0.29) is 12.6 Å². The van der Waals surface area contributed by atoms with Gasteiger partial charge in [-0.2, -0.15) is 5.10 Å². The molecule has 0 atom stereocenters. The van der Waals surface area contributed by atoms with Gasteiger partial charge in [-0.3, -0.25) is 9.89 Å². The second-order valence-corrected chi connectivity index (χ2v) is 4.67. The molecule has 94 valence electrons. The third-order valence-corrected chi connectivity index (χ3v) is 3.17. The van der Waals surface area contributed by atoms with Crippen LogP contribution in [0.15, 0.2) is 41.6 Å². The normalized spacial score (nSPS) is 10.2. The average molecular weight is 263 g/mol.